The fraction of sp³-hybridized carbons (Fsp3) is 0.385. The molecule has 3 N–H and O–H groups in total. The van der Waals surface area contributed by atoms with Crippen molar-refractivity contribution in [2.75, 3.05) is 0 Å². The zero-order chi connectivity index (χ0) is 12.7. The van der Waals surface area contributed by atoms with Crippen LogP contribution >= 0.6 is 23.2 Å². The van der Waals surface area contributed by atoms with E-state index in [-0.39, 0.29) is 6.04 Å². The fourth-order valence-electron chi connectivity index (χ4n) is 1.67. The lowest BCUT2D eigenvalue weighted by Crippen LogP contribution is -2.36. The van der Waals surface area contributed by atoms with Crippen LogP contribution in [0.2, 0.25) is 10.0 Å². The summed E-state index contributed by atoms with van der Waals surface area (Å²) in [5.74, 6) is 8.13. The molecule has 0 fully saturated rings. The van der Waals surface area contributed by atoms with E-state index >= 15 is 0 Å². The minimum atomic E-state index is 0.140. The molecule has 0 aliphatic carbocycles. The van der Waals surface area contributed by atoms with Gasteiger partial charge in [-0.2, -0.15) is 0 Å². The molecule has 1 atom stereocenters. The summed E-state index contributed by atoms with van der Waals surface area (Å²) in [6, 6.07) is 5.63. The van der Waals surface area contributed by atoms with Gasteiger partial charge in [0.15, 0.2) is 0 Å². The van der Waals surface area contributed by atoms with Gasteiger partial charge < -0.3 is 0 Å². The number of hydrogen-bond acceptors (Lipinski definition) is 2. The molecule has 1 aromatic carbocycles. The summed E-state index contributed by atoms with van der Waals surface area (Å²) < 4.78 is 0. The molecular weight excluding hydrogens is 255 g/mol. The number of rotatable bonds is 6. The van der Waals surface area contributed by atoms with Crippen molar-refractivity contribution in [1.29, 1.82) is 0 Å². The summed E-state index contributed by atoms with van der Waals surface area (Å²) in [4.78, 5) is 0. The Morgan fingerprint density at radius 3 is 2.53 bits per heavy atom. The van der Waals surface area contributed by atoms with Crippen molar-refractivity contribution >= 4 is 23.2 Å². The average molecular weight is 271 g/mol. The molecule has 0 spiro atoms. The van der Waals surface area contributed by atoms with Crippen LogP contribution in [-0.2, 0) is 6.42 Å². The molecule has 17 heavy (non-hydrogen) atoms. The maximum atomic E-state index is 6.11. The van der Waals surface area contributed by atoms with Crippen LogP contribution in [0.1, 0.15) is 24.8 Å². The second-order valence-corrected chi connectivity index (χ2v) is 4.68. The number of benzene rings is 1. The first kappa shape index (κ1) is 14.3. The van der Waals surface area contributed by atoms with Crippen LogP contribution in [0.25, 0.3) is 0 Å². The van der Waals surface area contributed by atoms with Gasteiger partial charge in [0.25, 0.3) is 0 Å². The van der Waals surface area contributed by atoms with E-state index in [9.17, 15) is 0 Å². The first-order valence-corrected chi connectivity index (χ1v) is 6.27. The number of unbranched alkanes of at least 4 members (excludes halogenated alkanes) is 1. The number of nitrogens with two attached hydrogens (primary N) is 1. The molecule has 0 aromatic heterocycles. The van der Waals surface area contributed by atoms with E-state index in [1.807, 2.05) is 18.2 Å². The Kier molecular flexibility index (Phi) is 6.39. The van der Waals surface area contributed by atoms with Crippen LogP contribution in [-0.4, -0.2) is 6.04 Å². The Morgan fingerprint density at radius 2 is 2.00 bits per heavy atom. The minimum absolute atomic E-state index is 0.140. The maximum Gasteiger partial charge on any atom is 0.0453 e. The highest BCUT2D eigenvalue weighted by Crippen LogP contribution is 2.26. The number of terminal acetylenes is 1. The van der Waals surface area contributed by atoms with E-state index in [4.69, 9.17) is 35.5 Å². The Morgan fingerprint density at radius 1 is 1.35 bits per heavy atom. The second kappa shape index (κ2) is 7.58. The van der Waals surface area contributed by atoms with Crippen molar-refractivity contribution in [1.82, 2.24) is 5.43 Å². The van der Waals surface area contributed by atoms with E-state index in [2.05, 4.69) is 11.3 Å². The molecule has 0 bridgehead atoms. The maximum absolute atomic E-state index is 6.11. The first-order chi connectivity index (χ1) is 8.19. The highest BCUT2D eigenvalue weighted by Gasteiger charge is 2.12. The topological polar surface area (TPSA) is 38.0 Å². The third-order valence-electron chi connectivity index (χ3n) is 2.62. The van der Waals surface area contributed by atoms with Gasteiger partial charge in [-0.25, -0.2) is 0 Å². The molecule has 0 saturated carbocycles. The Hall–Kier alpha value is -0.720. The lowest BCUT2D eigenvalue weighted by molar-refractivity contribution is 0.479. The van der Waals surface area contributed by atoms with Crippen molar-refractivity contribution < 1.29 is 0 Å². The van der Waals surface area contributed by atoms with Crippen molar-refractivity contribution in [2.24, 2.45) is 5.84 Å². The fourth-order valence-corrected chi connectivity index (χ4v) is 2.22. The number of nitrogens with one attached hydrogen (secondary N) is 1. The molecule has 0 aliphatic rings. The normalized spacial score (nSPS) is 12.1. The lowest BCUT2D eigenvalue weighted by atomic mass is 10.0. The van der Waals surface area contributed by atoms with Crippen LogP contribution in [0.15, 0.2) is 18.2 Å². The third kappa shape index (κ3) is 4.57. The van der Waals surface area contributed by atoms with Crippen LogP contribution in [0.5, 0.6) is 0 Å². The van der Waals surface area contributed by atoms with E-state index < -0.39 is 0 Å². The van der Waals surface area contributed by atoms with Crippen LogP contribution in [0.4, 0.5) is 0 Å². The van der Waals surface area contributed by atoms with Gasteiger partial charge in [0.2, 0.25) is 0 Å². The number of hydrogen-bond donors (Lipinski definition) is 2. The van der Waals surface area contributed by atoms with Crippen molar-refractivity contribution in [3.05, 3.63) is 33.8 Å². The van der Waals surface area contributed by atoms with Gasteiger partial charge in [-0.05, 0) is 37.0 Å². The highest BCUT2D eigenvalue weighted by atomic mass is 35.5. The second-order valence-electron chi connectivity index (χ2n) is 3.86. The van der Waals surface area contributed by atoms with Crippen molar-refractivity contribution in [3.8, 4) is 12.3 Å². The molecule has 0 aliphatic heterocycles. The molecule has 0 heterocycles. The number of hydrazine groups is 1. The molecule has 4 heteroatoms. The molecule has 92 valence electrons. The monoisotopic (exact) mass is 270 g/mol. The van der Waals surface area contributed by atoms with Crippen molar-refractivity contribution in [2.45, 2.75) is 31.7 Å². The van der Waals surface area contributed by atoms with Gasteiger partial charge in [-0.1, -0.05) is 29.3 Å². The lowest BCUT2D eigenvalue weighted by Gasteiger charge is -2.17. The summed E-state index contributed by atoms with van der Waals surface area (Å²) in [6.07, 6.45) is 8.52. The quantitative estimate of drug-likeness (QED) is 0.361. The summed E-state index contributed by atoms with van der Waals surface area (Å²) in [5.41, 5.74) is 3.71. The average Bonchev–Trinajstić information content (AvgIpc) is 2.32. The van der Waals surface area contributed by atoms with Gasteiger partial charge in [0, 0.05) is 22.5 Å². The highest BCUT2D eigenvalue weighted by molar-refractivity contribution is 6.35. The molecule has 1 unspecified atom stereocenters. The van der Waals surface area contributed by atoms with E-state index in [0.29, 0.717) is 16.5 Å². The predicted octanol–water partition coefficient (Wildman–Crippen LogP) is 3.17. The predicted molar refractivity (Wildman–Crippen MR) is 74.0 cm³/mol. The van der Waals surface area contributed by atoms with Crippen LogP contribution < -0.4 is 11.3 Å². The standard InChI is InChI=1S/C13H16Cl2N2/c1-2-3-4-6-10(17-16)9-11-12(14)7-5-8-13(11)15/h1,5,7-8,10,17H,3-4,6,9,16H2. The van der Waals surface area contributed by atoms with Crippen molar-refractivity contribution in [3.63, 3.8) is 0 Å². The van der Waals surface area contributed by atoms with E-state index in [0.717, 1.165) is 24.8 Å². The summed E-state index contributed by atoms with van der Waals surface area (Å²) in [5, 5.41) is 1.35. The van der Waals surface area contributed by atoms with Gasteiger partial charge >= 0.3 is 0 Å². The number of halogens is 2. The molecule has 1 aromatic rings. The third-order valence-corrected chi connectivity index (χ3v) is 3.33. The molecular formula is C13H16Cl2N2. The molecule has 0 amide bonds. The summed E-state index contributed by atoms with van der Waals surface area (Å²) in [6.45, 7) is 0. The first-order valence-electron chi connectivity index (χ1n) is 5.51. The molecule has 2 nitrogen and oxygen atoms in total. The largest absolute Gasteiger partial charge is 0.271 e. The Bertz CT molecular complexity index is 379. The minimum Gasteiger partial charge on any atom is -0.271 e. The van der Waals surface area contributed by atoms with Gasteiger partial charge in [-0.15, -0.1) is 12.3 Å². The van der Waals surface area contributed by atoms with Crippen LogP contribution in [0.3, 0.4) is 0 Å². The van der Waals surface area contributed by atoms with Crippen LogP contribution in [0, 0.1) is 12.3 Å². The Labute approximate surface area is 112 Å². The van der Waals surface area contributed by atoms with E-state index in [1.165, 1.54) is 0 Å². The van der Waals surface area contributed by atoms with Gasteiger partial charge in [-0.3, -0.25) is 11.3 Å². The SMILES string of the molecule is C#CCCCC(Cc1c(Cl)cccc1Cl)NN. The van der Waals surface area contributed by atoms with Gasteiger partial charge in [0.05, 0.1) is 0 Å². The molecule has 0 radical (unpaired) electrons. The molecule has 1 rings (SSSR count). The van der Waals surface area contributed by atoms with Gasteiger partial charge in [0.1, 0.15) is 0 Å². The summed E-state index contributed by atoms with van der Waals surface area (Å²) in [7, 11) is 0. The smallest absolute Gasteiger partial charge is 0.0453 e. The zero-order valence-corrected chi connectivity index (χ0v) is 11.1. The Balaban J connectivity index is 2.64. The zero-order valence-electron chi connectivity index (χ0n) is 9.55. The van der Waals surface area contributed by atoms with E-state index in [1.54, 1.807) is 0 Å². The summed E-state index contributed by atoms with van der Waals surface area (Å²) >= 11 is 12.2. The molecule has 0 saturated heterocycles.